The molecule has 1 saturated heterocycles. The lowest BCUT2D eigenvalue weighted by Crippen LogP contribution is -2.61. The van der Waals surface area contributed by atoms with Crippen molar-refractivity contribution in [3.63, 3.8) is 0 Å². The number of anilines is 1. The molecular formula is C19H19NO9. The topological polar surface area (TPSA) is 166 Å². The fourth-order valence-corrected chi connectivity index (χ4v) is 2.76. The van der Waals surface area contributed by atoms with Gasteiger partial charge in [0.2, 0.25) is 6.29 Å². The molecule has 6 N–H and O–H groups in total. The van der Waals surface area contributed by atoms with Crippen LogP contribution in [0.5, 0.6) is 11.5 Å². The Morgan fingerprint density at radius 3 is 2.21 bits per heavy atom. The molecule has 5 unspecified atom stereocenters. The number of carbonyl (C=O) groups is 2. The van der Waals surface area contributed by atoms with Crippen LogP contribution in [0, 0.1) is 0 Å². The monoisotopic (exact) mass is 405 g/mol. The second kappa shape index (κ2) is 8.45. The second-order valence-electron chi connectivity index (χ2n) is 6.35. The molecule has 3 rings (SSSR count). The number of aliphatic hydroxyl groups excluding tert-OH is 3. The number of rotatable bonds is 5. The number of carbonyl (C=O) groups excluding carboxylic acids is 1. The summed E-state index contributed by atoms with van der Waals surface area (Å²) in [6.45, 7) is 0. The van der Waals surface area contributed by atoms with Crippen LogP contribution in [-0.4, -0.2) is 68.1 Å². The molecule has 0 aromatic heterocycles. The average Bonchev–Trinajstić information content (AvgIpc) is 2.69. The third-order valence-electron chi connectivity index (χ3n) is 4.33. The Hall–Kier alpha value is -3.18. The van der Waals surface area contributed by atoms with E-state index in [2.05, 4.69) is 5.32 Å². The summed E-state index contributed by atoms with van der Waals surface area (Å²) in [6, 6.07) is 11.8. The van der Waals surface area contributed by atoms with Crippen LogP contribution in [0.4, 0.5) is 5.69 Å². The minimum absolute atomic E-state index is 0.0961. The van der Waals surface area contributed by atoms with Crippen molar-refractivity contribution in [1.82, 2.24) is 0 Å². The summed E-state index contributed by atoms with van der Waals surface area (Å²) in [5, 5.41) is 50.8. The predicted molar refractivity (Wildman–Crippen MR) is 97.4 cm³/mol. The summed E-state index contributed by atoms with van der Waals surface area (Å²) >= 11 is 0. The number of amides is 1. The number of nitrogens with one attached hydrogen (secondary N) is 1. The highest BCUT2D eigenvalue weighted by Crippen LogP contribution is 2.26. The maximum absolute atomic E-state index is 12.2. The quantitative estimate of drug-likeness (QED) is 0.399. The Morgan fingerprint density at radius 1 is 0.931 bits per heavy atom. The summed E-state index contributed by atoms with van der Waals surface area (Å²) in [4.78, 5) is 23.3. The number of ether oxygens (including phenoxy) is 2. The van der Waals surface area contributed by atoms with Gasteiger partial charge in [0.1, 0.15) is 29.8 Å². The third-order valence-corrected chi connectivity index (χ3v) is 4.33. The van der Waals surface area contributed by atoms with E-state index in [1.54, 1.807) is 12.1 Å². The fourth-order valence-electron chi connectivity index (χ4n) is 2.76. The van der Waals surface area contributed by atoms with E-state index in [1.807, 2.05) is 0 Å². The van der Waals surface area contributed by atoms with Crippen LogP contribution in [-0.2, 0) is 9.53 Å². The first-order valence-electron chi connectivity index (χ1n) is 8.56. The van der Waals surface area contributed by atoms with Crippen molar-refractivity contribution < 1.29 is 44.6 Å². The average molecular weight is 405 g/mol. The molecule has 2 aromatic rings. The van der Waals surface area contributed by atoms with E-state index < -0.39 is 42.6 Å². The van der Waals surface area contributed by atoms with Crippen LogP contribution in [0.2, 0.25) is 0 Å². The molecule has 5 atom stereocenters. The van der Waals surface area contributed by atoms with Gasteiger partial charge in [0, 0.05) is 5.69 Å². The van der Waals surface area contributed by atoms with Gasteiger partial charge in [-0.05, 0) is 36.4 Å². The van der Waals surface area contributed by atoms with Crippen molar-refractivity contribution in [2.45, 2.75) is 30.7 Å². The summed E-state index contributed by atoms with van der Waals surface area (Å²) in [5.41, 5.74) is 0.480. The van der Waals surface area contributed by atoms with E-state index in [0.29, 0.717) is 5.69 Å². The highest BCUT2D eigenvalue weighted by molar-refractivity contribution is 6.06. The molecule has 2 aromatic carbocycles. The Bertz CT molecular complexity index is 886. The molecular weight excluding hydrogens is 386 g/mol. The van der Waals surface area contributed by atoms with E-state index in [4.69, 9.17) is 14.6 Å². The van der Waals surface area contributed by atoms with Crippen LogP contribution in [0.15, 0.2) is 48.5 Å². The van der Waals surface area contributed by atoms with Crippen molar-refractivity contribution in [1.29, 1.82) is 0 Å². The number of phenolic OH excluding ortho intramolecular Hbond substituents is 1. The highest BCUT2D eigenvalue weighted by atomic mass is 16.7. The molecule has 1 aliphatic rings. The lowest BCUT2D eigenvalue weighted by atomic mass is 9.99. The molecule has 10 heteroatoms. The molecule has 1 heterocycles. The molecule has 154 valence electrons. The molecule has 1 aliphatic heterocycles. The number of hydrogen-bond donors (Lipinski definition) is 6. The first-order valence-corrected chi connectivity index (χ1v) is 8.56. The van der Waals surface area contributed by atoms with Crippen LogP contribution in [0.3, 0.4) is 0 Å². The summed E-state index contributed by atoms with van der Waals surface area (Å²) in [6.07, 6.45) is -8.56. The predicted octanol–water partition coefficient (Wildman–Crippen LogP) is -0.0845. The lowest BCUT2D eigenvalue weighted by molar-refractivity contribution is -0.271. The summed E-state index contributed by atoms with van der Waals surface area (Å²) in [5.74, 6) is -2.05. The number of hydrogen-bond acceptors (Lipinski definition) is 8. The Morgan fingerprint density at radius 2 is 1.59 bits per heavy atom. The minimum Gasteiger partial charge on any atom is -0.507 e. The van der Waals surface area contributed by atoms with Crippen LogP contribution < -0.4 is 10.1 Å². The van der Waals surface area contributed by atoms with Gasteiger partial charge in [-0.2, -0.15) is 0 Å². The van der Waals surface area contributed by atoms with Gasteiger partial charge < -0.3 is 40.3 Å². The lowest BCUT2D eigenvalue weighted by Gasteiger charge is -2.38. The van der Waals surface area contributed by atoms with Crippen molar-refractivity contribution in [3.05, 3.63) is 54.1 Å². The molecule has 0 aliphatic carbocycles. The van der Waals surface area contributed by atoms with Gasteiger partial charge in [0.25, 0.3) is 5.91 Å². The fraction of sp³-hybridized carbons (Fsp3) is 0.263. The molecule has 29 heavy (non-hydrogen) atoms. The van der Waals surface area contributed by atoms with Crippen molar-refractivity contribution in [3.8, 4) is 11.5 Å². The van der Waals surface area contributed by atoms with Gasteiger partial charge in [-0.1, -0.05) is 12.1 Å². The Kier molecular flexibility index (Phi) is 5.99. The van der Waals surface area contributed by atoms with Gasteiger partial charge in [-0.25, -0.2) is 4.79 Å². The molecule has 0 radical (unpaired) electrons. The number of carboxylic acid groups (broad SMARTS) is 1. The van der Waals surface area contributed by atoms with Gasteiger partial charge in [-0.15, -0.1) is 0 Å². The number of benzene rings is 2. The molecule has 0 spiro atoms. The molecule has 0 saturated carbocycles. The highest BCUT2D eigenvalue weighted by Gasteiger charge is 2.48. The SMILES string of the molecule is O=C(Nc1ccc(OC2OC(C(=O)O)C(O)C(O)C2O)cc1)c1ccccc1O. The van der Waals surface area contributed by atoms with E-state index in [9.17, 15) is 30.0 Å². The maximum Gasteiger partial charge on any atom is 0.335 e. The van der Waals surface area contributed by atoms with E-state index >= 15 is 0 Å². The van der Waals surface area contributed by atoms with Crippen LogP contribution in [0.1, 0.15) is 10.4 Å². The molecule has 1 amide bonds. The maximum atomic E-state index is 12.2. The first kappa shape index (κ1) is 20.6. The molecule has 1 fully saturated rings. The minimum atomic E-state index is -1.81. The number of phenols is 1. The van der Waals surface area contributed by atoms with Crippen molar-refractivity contribution >= 4 is 17.6 Å². The number of aliphatic carboxylic acids is 1. The van der Waals surface area contributed by atoms with E-state index in [-0.39, 0.29) is 17.1 Å². The third kappa shape index (κ3) is 4.46. The summed E-state index contributed by atoms with van der Waals surface area (Å²) < 4.78 is 10.4. The first-order chi connectivity index (χ1) is 13.8. The van der Waals surface area contributed by atoms with Gasteiger partial charge >= 0.3 is 5.97 Å². The number of carboxylic acids is 1. The van der Waals surface area contributed by atoms with Crippen LogP contribution >= 0.6 is 0 Å². The van der Waals surface area contributed by atoms with Gasteiger partial charge in [0.15, 0.2) is 6.10 Å². The Labute approximate surface area is 164 Å². The summed E-state index contributed by atoms with van der Waals surface area (Å²) in [7, 11) is 0. The zero-order valence-electron chi connectivity index (χ0n) is 14.9. The van der Waals surface area contributed by atoms with E-state index in [1.165, 1.54) is 36.4 Å². The zero-order chi connectivity index (χ0) is 21.1. The standard InChI is InChI=1S/C19H19NO9/c21-12-4-2-1-3-11(12)17(25)20-9-5-7-10(8-6-9)28-19-15(24)13(22)14(23)16(29-19)18(26)27/h1-8,13-16,19,21-24H,(H,20,25)(H,26,27). The molecule has 0 bridgehead atoms. The van der Waals surface area contributed by atoms with Crippen molar-refractivity contribution in [2.75, 3.05) is 5.32 Å². The van der Waals surface area contributed by atoms with E-state index in [0.717, 1.165) is 0 Å². The zero-order valence-corrected chi connectivity index (χ0v) is 14.9. The molecule has 10 nitrogen and oxygen atoms in total. The van der Waals surface area contributed by atoms with Crippen LogP contribution in [0.25, 0.3) is 0 Å². The smallest absolute Gasteiger partial charge is 0.335 e. The van der Waals surface area contributed by atoms with Crippen molar-refractivity contribution in [2.24, 2.45) is 0 Å². The second-order valence-corrected chi connectivity index (χ2v) is 6.35. The number of para-hydroxylation sites is 1. The Balaban J connectivity index is 1.66. The number of aliphatic hydroxyl groups is 3. The van der Waals surface area contributed by atoms with Gasteiger partial charge in [0.05, 0.1) is 5.56 Å². The van der Waals surface area contributed by atoms with Gasteiger partial charge in [-0.3, -0.25) is 4.79 Å². The number of aromatic hydroxyl groups is 1. The normalized spacial score (nSPS) is 26.5. The largest absolute Gasteiger partial charge is 0.507 e.